The van der Waals surface area contributed by atoms with Gasteiger partial charge in [0.05, 0.1) is 29.4 Å². The Morgan fingerprint density at radius 3 is 2.67 bits per heavy atom. The van der Waals surface area contributed by atoms with Crippen LogP contribution in [0.1, 0.15) is 38.2 Å². The summed E-state index contributed by atoms with van der Waals surface area (Å²) in [7, 11) is 0. The number of carbonyl (C=O) groups excluding carboxylic acids is 1. The van der Waals surface area contributed by atoms with Crippen molar-refractivity contribution in [2.24, 2.45) is 11.1 Å². The summed E-state index contributed by atoms with van der Waals surface area (Å²) in [6, 6.07) is 11.0. The Labute approximate surface area is 185 Å². The normalized spacial score (nSPS) is 20.8. The number of benzene rings is 1. The van der Waals surface area contributed by atoms with E-state index in [9.17, 15) is 10.1 Å². The topological polar surface area (TPSA) is 83.0 Å². The van der Waals surface area contributed by atoms with Crippen molar-refractivity contribution in [3.63, 3.8) is 0 Å². The molecule has 0 unspecified atom stereocenters. The molecule has 1 aromatic heterocycles. The molecule has 0 spiro atoms. The van der Waals surface area contributed by atoms with Crippen molar-refractivity contribution in [2.75, 3.05) is 4.90 Å². The first-order valence-corrected chi connectivity index (χ1v) is 10.3. The van der Waals surface area contributed by atoms with Gasteiger partial charge < -0.3 is 5.73 Å². The number of carbonyl (C=O) groups is 1. The van der Waals surface area contributed by atoms with Crippen LogP contribution < -0.4 is 10.6 Å². The largest absolute Gasteiger partial charge is 0.384 e. The van der Waals surface area contributed by atoms with Gasteiger partial charge in [-0.3, -0.25) is 14.7 Å². The van der Waals surface area contributed by atoms with Crippen LogP contribution in [-0.4, -0.2) is 10.8 Å². The molecule has 0 fully saturated rings. The molecule has 0 amide bonds. The molecule has 0 radical (unpaired) electrons. The van der Waals surface area contributed by atoms with Crippen LogP contribution in [0.15, 0.2) is 65.4 Å². The molecule has 5 nitrogen and oxygen atoms in total. The predicted octanol–water partition coefficient (Wildman–Crippen LogP) is 5.33. The third-order valence-corrected chi connectivity index (χ3v) is 6.12. The highest BCUT2D eigenvalue weighted by atomic mass is 35.5. The second kappa shape index (κ2) is 7.46. The van der Waals surface area contributed by atoms with Gasteiger partial charge >= 0.3 is 0 Å². The van der Waals surface area contributed by atoms with Crippen LogP contribution in [0.5, 0.6) is 0 Å². The van der Waals surface area contributed by atoms with Gasteiger partial charge in [-0.2, -0.15) is 5.26 Å². The number of anilines is 1. The fourth-order valence-electron chi connectivity index (χ4n) is 4.34. The third kappa shape index (κ3) is 3.36. The van der Waals surface area contributed by atoms with Gasteiger partial charge in [-0.15, -0.1) is 0 Å². The number of hydrogen-bond acceptors (Lipinski definition) is 5. The van der Waals surface area contributed by atoms with Gasteiger partial charge in [0, 0.05) is 33.9 Å². The van der Waals surface area contributed by atoms with E-state index in [1.54, 1.807) is 41.6 Å². The Balaban J connectivity index is 2.02. The first-order valence-electron chi connectivity index (χ1n) is 9.54. The van der Waals surface area contributed by atoms with Gasteiger partial charge in [-0.05, 0) is 41.7 Å². The Bertz CT molecular complexity index is 1150. The van der Waals surface area contributed by atoms with Gasteiger partial charge in [0.15, 0.2) is 5.78 Å². The molecule has 4 rings (SSSR count). The number of pyridine rings is 1. The number of nitriles is 1. The van der Waals surface area contributed by atoms with Crippen LogP contribution in [0.3, 0.4) is 0 Å². The van der Waals surface area contributed by atoms with E-state index in [-0.39, 0.29) is 22.6 Å². The Kier molecular flexibility index (Phi) is 5.09. The minimum absolute atomic E-state index is 0.00796. The molecule has 0 saturated carbocycles. The van der Waals surface area contributed by atoms with Crippen LogP contribution in [0.2, 0.25) is 10.0 Å². The first kappa shape index (κ1) is 20.5. The molecule has 1 aliphatic heterocycles. The van der Waals surface area contributed by atoms with Gasteiger partial charge in [0.2, 0.25) is 0 Å². The molecule has 2 heterocycles. The van der Waals surface area contributed by atoms with E-state index in [2.05, 4.69) is 24.9 Å². The predicted molar refractivity (Wildman–Crippen MR) is 118 cm³/mol. The Morgan fingerprint density at radius 1 is 1.27 bits per heavy atom. The van der Waals surface area contributed by atoms with Gasteiger partial charge in [0.25, 0.3) is 0 Å². The van der Waals surface area contributed by atoms with Crippen molar-refractivity contribution in [3.05, 3.63) is 81.0 Å². The van der Waals surface area contributed by atoms with Crippen LogP contribution >= 0.6 is 23.2 Å². The lowest BCUT2D eigenvalue weighted by molar-refractivity contribution is -0.118. The summed E-state index contributed by atoms with van der Waals surface area (Å²) < 4.78 is 0. The number of ketones is 1. The van der Waals surface area contributed by atoms with Crippen LogP contribution in [0.25, 0.3) is 0 Å². The van der Waals surface area contributed by atoms with Crippen molar-refractivity contribution < 1.29 is 4.79 Å². The lowest BCUT2D eigenvalue weighted by Crippen LogP contribution is -2.42. The molecule has 2 aliphatic rings. The number of Topliss-reactive ketones (excluding diaryl/α,β-unsaturated/α-hetero) is 1. The molecule has 1 atom stereocenters. The summed E-state index contributed by atoms with van der Waals surface area (Å²) in [4.78, 5) is 19.4. The number of hydrogen-bond donors (Lipinski definition) is 1. The number of nitrogens with zero attached hydrogens (tertiary/aromatic N) is 3. The molecule has 152 valence electrons. The third-order valence-electron chi connectivity index (χ3n) is 5.56. The second-order valence-electron chi connectivity index (χ2n) is 8.36. The van der Waals surface area contributed by atoms with Crippen molar-refractivity contribution >= 4 is 34.7 Å². The molecule has 1 aromatic carbocycles. The zero-order valence-corrected chi connectivity index (χ0v) is 18.1. The second-order valence-corrected chi connectivity index (χ2v) is 9.20. The van der Waals surface area contributed by atoms with E-state index < -0.39 is 5.92 Å². The minimum atomic E-state index is -0.633. The van der Waals surface area contributed by atoms with E-state index in [1.165, 1.54) is 0 Å². The highest BCUT2D eigenvalue weighted by molar-refractivity contribution is 6.35. The molecule has 30 heavy (non-hydrogen) atoms. The van der Waals surface area contributed by atoms with Crippen LogP contribution in [-0.2, 0) is 4.79 Å². The van der Waals surface area contributed by atoms with Crippen molar-refractivity contribution in [1.82, 2.24) is 4.98 Å². The molecule has 1 aliphatic carbocycles. The maximum absolute atomic E-state index is 13.4. The highest BCUT2D eigenvalue weighted by Gasteiger charge is 2.45. The average molecular weight is 439 g/mol. The van der Waals surface area contributed by atoms with Gasteiger partial charge in [0.1, 0.15) is 5.82 Å². The fraction of sp³-hybridized carbons (Fsp3) is 0.261. The first-order chi connectivity index (χ1) is 14.2. The van der Waals surface area contributed by atoms with Crippen molar-refractivity contribution in [3.8, 4) is 6.07 Å². The number of aromatic nitrogens is 1. The molecule has 0 saturated heterocycles. The quantitative estimate of drug-likeness (QED) is 0.684. The molecular weight excluding hydrogens is 419 g/mol. The molecular formula is C23H20Cl2N4O. The SMILES string of the molecule is CC1(C)CC(=O)C2=C(C1)N(c1cccnc1)C(N)=C(C#N)[C@@H]2c1ccc(Cl)cc1Cl. The maximum atomic E-state index is 13.4. The van der Waals surface area contributed by atoms with Crippen LogP contribution in [0, 0.1) is 16.7 Å². The minimum Gasteiger partial charge on any atom is -0.384 e. The standard InChI is InChI=1S/C23H20Cl2N4O/c1-23(2)9-18-21(19(30)10-23)20(15-6-5-13(24)8-17(15)25)16(11-26)22(27)29(18)14-4-3-7-28-12-14/h3-8,12,20H,9-10,27H2,1-2H3/t20-/m0/s1. The smallest absolute Gasteiger partial charge is 0.162 e. The summed E-state index contributed by atoms with van der Waals surface area (Å²) in [5.41, 5.74) is 9.31. The van der Waals surface area contributed by atoms with Crippen molar-refractivity contribution in [1.29, 1.82) is 5.26 Å². The lowest BCUT2D eigenvalue weighted by Gasteiger charge is -2.43. The van der Waals surface area contributed by atoms with Crippen LogP contribution in [0.4, 0.5) is 5.69 Å². The summed E-state index contributed by atoms with van der Waals surface area (Å²) in [5.74, 6) is -0.358. The summed E-state index contributed by atoms with van der Waals surface area (Å²) in [6.07, 6.45) is 4.35. The fourth-order valence-corrected chi connectivity index (χ4v) is 4.85. The number of halogens is 2. The van der Waals surface area contributed by atoms with E-state index in [0.717, 1.165) is 5.70 Å². The summed E-state index contributed by atoms with van der Waals surface area (Å²) >= 11 is 12.6. The van der Waals surface area contributed by atoms with E-state index in [1.807, 2.05) is 6.07 Å². The average Bonchev–Trinajstić information content (AvgIpc) is 2.67. The van der Waals surface area contributed by atoms with E-state index in [0.29, 0.717) is 39.7 Å². The summed E-state index contributed by atoms with van der Waals surface area (Å²) in [6.45, 7) is 4.11. The Hall–Kier alpha value is -2.81. The number of rotatable bonds is 2. The molecule has 2 aromatic rings. The zero-order valence-electron chi connectivity index (χ0n) is 16.6. The van der Waals surface area contributed by atoms with E-state index in [4.69, 9.17) is 28.9 Å². The lowest BCUT2D eigenvalue weighted by atomic mass is 9.68. The molecule has 2 N–H and O–H groups in total. The highest BCUT2D eigenvalue weighted by Crippen LogP contribution is 2.51. The summed E-state index contributed by atoms with van der Waals surface area (Å²) in [5, 5.41) is 10.9. The van der Waals surface area contributed by atoms with Gasteiger partial charge in [-0.25, -0.2) is 0 Å². The van der Waals surface area contributed by atoms with Crippen molar-refractivity contribution in [2.45, 2.75) is 32.6 Å². The monoisotopic (exact) mass is 438 g/mol. The Morgan fingerprint density at radius 2 is 2.03 bits per heavy atom. The number of allylic oxidation sites excluding steroid dienone is 3. The maximum Gasteiger partial charge on any atom is 0.162 e. The molecule has 0 bridgehead atoms. The van der Waals surface area contributed by atoms with E-state index >= 15 is 0 Å². The van der Waals surface area contributed by atoms with Gasteiger partial charge in [-0.1, -0.05) is 43.1 Å². The molecule has 7 heteroatoms. The number of nitrogens with two attached hydrogens (primary N) is 1. The zero-order chi connectivity index (χ0) is 21.6.